The molecule has 0 aliphatic heterocycles. The first-order valence-corrected chi connectivity index (χ1v) is 6.69. The predicted octanol–water partition coefficient (Wildman–Crippen LogP) is 2.86. The van der Waals surface area contributed by atoms with Crippen LogP contribution in [0.5, 0.6) is 0 Å². The smallest absolute Gasteiger partial charge is 0.165 e. The largest absolute Gasteiger partial charge is 0.398 e. The first kappa shape index (κ1) is 11.8. The van der Waals surface area contributed by atoms with Gasteiger partial charge in [-0.05, 0) is 25.1 Å². The molecule has 2 N–H and O–H groups in total. The van der Waals surface area contributed by atoms with Gasteiger partial charge in [0.05, 0.1) is 28.0 Å². The third kappa shape index (κ3) is 1.67. The monoisotopic (exact) mass is 275 g/mol. The summed E-state index contributed by atoms with van der Waals surface area (Å²) in [6, 6.07) is 11.7. The van der Waals surface area contributed by atoms with E-state index < -0.39 is 0 Å². The number of hydrogen-bond acceptors (Lipinski definition) is 4. The number of pyridine rings is 2. The molecule has 0 unspecified atom stereocenters. The van der Waals surface area contributed by atoms with Gasteiger partial charge in [-0.15, -0.1) is 0 Å². The summed E-state index contributed by atoms with van der Waals surface area (Å²) >= 11 is 0. The minimum Gasteiger partial charge on any atom is -0.398 e. The molecular formula is C16H13N5. The number of hydrogen-bond donors (Lipinski definition) is 1. The van der Waals surface area contributed by atoms with Crippen molar-refractivity contribution in [1.29, 1.82) is 0 Å². The predicted molar refractivity (Wildman–Crippen MR) is 83.3 cm³/mol. The molecule has 4 aromatic rings. The maximum absolute atomic E-state index is 6.34. The highest BCUT2D eigenvalue weighted by molar-refractivity contribution is 6.06. The van der Waals surface area contributed by atoms with Crippen LogP contribution in [0.1, 0.15) is 5.69 Å². The molecule has 0 aliphatic rings. The molecule has 5 nitrogen and oxygen atoms in total. The fourth-order valence-electron chi connectivity index (χ4n) is 2.65. The number of nitrogens with two attached hydrogens (primary N) is 1. The average Bonchev–Trinajstić information content (AvgIpc) is 2.86. The second-order valence-electron chi connectivity index (χ2n) is 4.94. The topological polar surface area (TPSA) is 69.6 Å². The molecule has 1 aromatic carbocycles. The number of anilines is 1. The first-order valence-electron chi connectivity index (χ1n) is 6.69. The molecule has 0 atom stereocenters. The molecule has 0 radical (unpaired) electrons. The lowest BCUT2D eigenvalue weighted by atomic mass is 10.1. The van der Waals surface area contributed by atoms with Gasteiger partial charge in [0.15, 0.2) is 5.65 Å². The fourth-order valence-corrected chi connectivity index (χ4v) is 2.65. The van der Waals surface area contributed by atoms with E-state index in [0.29, 0.717) is 0 Å². The highest BCUT2D eigenvalue weighted by Crippen LogP contribution is 2.31. The van der Waals surface area contributed by atoms with Crippen molar-refractivity contribution in [3.8, 4) is 5.69 Å². The minimum atomic E-state index is 0.730. The molecule has 21 heavy (non-hydrogen) atoms. The quantitative estimate of drug-likeness (QED) is 0.580. The highest BCUT2D eigenvalue weighted by Gasteiger charge is 2.15. The Morgan fingerprint density at radius 2 is 1.81 bits per heavy atom. The second kappa shape index (κ2) is 4.28. The molecule has 0 saturated heterocycles. The van der Waals surface area contributed by atoms with Crippen molar-refractivity contribution in [2.24, 2.45) is 0 Å². The van der Waals surface area contributed by atoms with Crippen LogP contribution in [0.2, 0.25) is 0 Å². The van der Waals surface area contributed by atoms with E-state index in [2.05, 4.69) is 10.1 Å². The zero-order chi connectivity index (χ0) is 14.4. The van der Waals surface area contributed by atoms with Crippen LogP contribution >= 0.6 is 0 Å². The van der Waals surface area contributed by atoms with Crippen molar-refractivity contribution in [2.45, 2.75) is 6.92 Å². The first-order chi connectivity index (χ1) is 10.3. The van der Waals surface area contributed by atoms with Gasteiger partial charge in [0.2, 0.25) is 0 Å². The Morgan fingerprint density at radius 1 is 1.05 bits per heavy atom. The lowest BCUT2D eigenvalue weighted by Gasteiger charge is -2.05. The third-order valence-electron chi connectivity index (χ3n) is 3.63. The van der Waals surface area contributed by atoms with E-state index in [9.17, 15) is 0 Å². The van der Waals surface area contributed by atoms with Gasteiger partial charge in [0.1, 0.15) is 0 Å². The van der Waals surface area contributed by atoms with Crippen LogP contribution < -0.4 is 5.73 Å². The summed E-state index contributed by atoms with van der Waals surface area (Å²) in [6.45, 7) is 1.95. The van der Waals surface area contributed by atoms with E-state index in [0.717, 1.165) is 39.0 Å². The maximum Gasteiger partial charge on any atom is 0.165 e. The van der Waals surface area contributed by atoms with Crippen LogP contribution in [0, 0.1) is 6.92 Å². The number of benzene rings is 1. The molecule has 5 heteroatoms. The van der Waals surface area contributed by atoms with Crippen molar-refractivity contribution >= 4 is 27.6 Å². The summed E-state index contributed by atoms with van der Waals surface area (Å²) in [5.41, 5.74) is 10.5. The molecule has 0 spiro atoms. The number of aryl methyl sites for hydroxylation is 1. The summed E-state index contributed by atoms with van der Waals surface area (Å²) in [7, 11) is 0. The average molecular weight is 275 g/mol. The minimum absolute atomic E-state index is 0.730. The maximum atomic E-state index is 6.34. The number of nitrogens with zero attached hydrogens (tertiary/aromatic N) is 4. The molecule has 3 heterocycles. The summed E-state index contributed by atoms with van der Waals surface area (Å²) in [4.78, 5) is 8.77. The Balaban J connectivity index is 2.16. The normalized spacial score (nSPS) is 11.3. The zero-order valence-electron chi connectivity index (χ0n) is 11.5. The summed E-state index contributed by atoms with van der Waals surface area (Å²) in [5, 5.41) is 6.46. The SMILES string of the molecule is Cc1nn(-c2ccncc2)c2nc3ccccc3c(N)c12. The molecule has 0 aliphatic carbocycles. The van der Waals surface area contributed by atoms with Crippen molar-refractivity contribution in [1.82, 2.24) is 19.7 Å². The van der Waals surface area contributed by atoms with Gasteiger partial charge < -0.3 is 5.73 Å². The number of fused-ring (bicyclic) bond motifs is 2. The lowest BCUT2D eigenvalue weighted by molar-refractivity contribution is 0.877. The van der Waals surface area contributed by atoms with Crippen molar-refractivity contribution in [3.05, 3.63) is 54.5 Å². The van der Waals surface area contributed by atoms with Crippen LogP contribution in [0.15, 0.2) is 48.8 Å². The number of para-hydroxylation sites is 1. The molecule has 3 aromatic heterocycles. The number of nitrogen functional groups attached to an aromatic ring is 1. The van der Waals surface area contributed by atoms with E-state index in [1.54, 1.807) is 12.4 Å². The van der Waals surface area contributed by atoms with Gasteiger partial charge in [0.25, 0.3) is 0 Å². The van der Waals surface area contributed by atoms with Gasteiger partial charge in [-0.1, -0.05) is 18.2 Å². The van der Waals surface area contributed by atoms with Crippen molar-refractivity contribution in [3.63, 3.8) is 0 Å². The summed E-state index contributed by atoms with van der Waals surface area (Å²) in [5.74, 6) is 0. The van der Waals surface area contributed by atoms with E-state index in [4.69, 9.17) is 10.7 Å². The van der Waals surface area contributed by atoms with Crippen LogP contribution in [-0.2, 0) is 0 Å². The Morgan fingerprint density at radius 3 is 2.62 bits per heavy atom. The lowest BCUT2D eigenvalue weighted by Crippen LogP contribution is -1.99. The van der Waals surface area contributed by atoms with Crippen LogP contribution in [0.3, 0.4) is 0 Å². The Hall–Kier alpha value is -2.95. The van der Waals surface area contributed by atoms with Crippen LogP contribution in [-0.4, -0.2) is 19.7 Å². The number of aromatic nitrogens is 4. The van der Waals surface area contributed by atoms with Crippen molar-refractivity contribution < 1.29 is 0 Å². The fraction of sp³-hybridized carbons (Fsp3) is 0.0625. The highest BCUT2D eigenvalue weighted by atomic mass is 15.3. The van der Waals surface area contributed by atoms with Crippen LogP contribution in [0.4, 0.5) is 5.69 Å². The third-order valence-corrected chi connectivity index (χ3v) is 3.63. The van der Waals surface area contributed by atoms with E-state index >= 15 is 0 Å². The summed E-state index contributed by atoms with van der Waals surface area (Å²) < 4.78 is 1.81. The Bertz CT molecular complexity index is 957. The van der Waals surface area contributed by atoms with Gasteiger partial charge in [0, 0.05) is 17.8 Å². The van der Waals surface area contributed by atoms with Crippen LogP contribution in [0.25, 0.3) is 27.6 Å². The molecule has 4 rings (SSSR count). The Labute approximate surface area is 121 Å². The van der Waals surface area contributed by atoms with Crippen molar-refractivity contribution in [2.75, 3.05) is 5.73 Å². The molecular weight excluding hydrogens is 262 g/mol. The van der Waals surface area contributed by atoms with Gasteiger partial charge in [-0.3, -0.25) is 4.98 Å². The van der Waals surface area contributed by atoms with Gasteiger partial charge >= 0.3 is 0 Å². The Kier molecular flexibility index (Phi) is 2.41. The molecule has 0 bridgehead atoms. The summed E-state index contributed by atoms with van der Waals surface area (Å²) in [6.07, 6.45) is 3.48. The van der Waals surface area contributed by atoms with E-state index in [1.807, 2.05) is 48.0 Å². The van der Waals surface area contributed by atoms with Gasteiger partial charge in [-0.25, -0.2) is 9.67 Å². The zero-order valence-corrected chi connectivity index (χ0v) is 11.5. The molecule has 0 amide bonds. The molecule has 0 fully saturated rings. The van der Waals surface area contributed by atoms with E-state index in [1.165, 1.54) is 0 Å². The second-order valence-corrected chi connectivity index (χ2v) is 4.94. The molecule has 102 valence electrons. The standard InChI is InChI=1S/C16H13N5/c1-10-14-15(17)12-4-2-3-5-13(12)19-16(14)21(20-10)11-6-8-18-9-7-11/h2-9H,1H3,(H2,17,19). The van der Waals surface area contributed by atoms with Gasteiger partial charge in [-0.2, -0.15) is 5.10 Å². The number of rotatable bonds is 1. The van der Waals surface area contributed by atoms with E-state index in [-0.39, 0.29) is 0 Å². The molecule has 0 saturated carbocycles.